The Labute approximate surface area is 108 Å². The Bertz CT molecular complexity index is 437. The fourth-order valence-electron chi connectivity index (χ4n) is 1.04. The molecule has 0 spiro atoms. The van der Waals surface area contributed by atoms with E-state index < -0.39 is 10.0 Å². The van der Waals surface area contributed by atoms with Crippen LogP contribution in [0, 0.1) is 3.57 Å². The minimum Gasteiger partial charge on any atom is -0.368 e. The van der Waals surface area contributed by atoms with E-state index in [4.69, 9.17) is 0 Å². The number of sulfonamides is 1. The van der Waals surface area contributed by atoms with E-state index in [9.17, 15) is 8.42 Å². The summed E-state index contributed by atoms with van der Waals surface area (Å²) in [5.74, 6) is 0.684. The molecule has 0 aliphatic heterocycles. The van der Waals surface area contributed by atoms with Gasteiger partial charge in [-0.1, -0.05) is 6.92 Å². The molecule has 0 radical (unpaired) electrons. The highest BCUT2D eigenvalue weighted by Crippen LogP contribution is 2.11. The van der Waals surface area contributed by atoms with Gasteiger partial charge in [-0.05, 0) is 22.6 Å². The van der Waals surface area contributed by atoms with Gasteiger partial charge in [0.1, 0.15) is 12.1 Å². The molecule has 1 aromatic rings. The zero-order valence-corrected chi connectivity index (χ0v) is 11.7. The largest absolute Gasteiger partial charge is 0.368 e. The Hall–Kier alpha value is -0.480. The summed E-state index contributed by atoms with van der Waals surface area (Å²) in [4.78, 5) is 7.84. The van der Waals surface area contributed by atoms with E-state index >= 15 is 0 Å². The maximum Gasteiger partial charge on any atom is 0.213 e. The molecule has 16 heavy (non-hydrogen) atoms. The van der Waals surface area contributed by atoms with Crippen LogP contribution in [0.5, 0.6) is 0 Å². The average Bonchev–Trinajstić information content (AvgIpc) is 2.20. The second-order valence-electron chi connectivity index (χ2n) is 2.96. The molecule has 90 valence electrons. The van der Waals surface area contributed by atoms with Gasteiger partial charge < -0.3 is 5.32 Å². The van der Waals surface area contributed by atoms with Crippen molar-refractivity contribution in [1.29, 1.82) is 0 Å². The Morgan fingerprint density at radius 3 is 2.88 bits per heavy atom. The van der Waals surface area contributed by atoms with Crippen molar-refractivity contribution in [2.24, 2.45) is 0 Å². The van der Waals surface area contributed by atoms with Crippen molar-refractivity contribution in [1.82, 2.24) is 14.7 Å². The fourth-order valence-corrected chi connectivity index (χ4v) is 2.48. The first kappa shape index (κ1) is 13.6. The molecule has 2 N–H and O–H groups in total. The topological polar surface area (TPSA) is 84.0 Å². The SMILES string of the molecule is CCNS(=O)(=O)CCNc1ncncc1I. The van der Waals surface area contributed by atoms with Gasteiger partial charge in [0, 0.05) is 19.3 Å². The summed E-state index contributed by atoms with van der Waals surface area (Å²) in [6, 6.07) is 0. The third-order valence-corrected chi connectivity index (χ3v) is 3.95. The van der Waals surface area contributed by atoms with Crippen LogP contribution in [0.4, 0.5) is 5.82 Å². The van der Waals surface area contributed by atoms with Crippen LogP contribution < -0.4 is 10.0 Å². The number of aromatic nitrogens is 2. The van der Waals surface area contributed by atoms with Crippen LogP contribution in [0.15, 0.2) is 12.5 Å². The van der Waals surface area contributed by atoms with Gasteiger partial charge in [0.05, 0.1) is 9.32 Å². The van der Waals surface area contributed by atoms with Gasteiger partial charge in [0.15, 0.2) is 0 Å². The van der Waals surface area contributed by atoms with E-state index in [0.29, 0.717) is 18.9 Å². The molecule has 0 fully saturated rings. The summed E-state index contributed by atoms with van der Waals surface area (Å²) < 4.78 is 25.9. The van der Waals surface area contributed by atoms with Crippen LogP contribution in [-0.2, 0) is 10.0 Å². The molecule has 8 heteroatoms. The molecular weight excluding hydrogens is 343 g/mol. The molecule has 0 atom stereocenters. The molecule has 1 heterocycles. The lowest BCUT2D eigenvalue weighted by Gasteiger charge is -2.07. The molecule has 1 aromatic heterocycles. The van der Waals surface area contributed by atoms with Crippen LogP contribution in [0.3, 0.4) is 0 Å². The molecule has 0 amide bonds. The van der Waals surface area contributed by atoms with Crippen LogP contribution in [0.1, 0.15) is 6.92 Å². The number of hydrogen-bond donors (Lipinski definition) is 2. The smallest absolute Gasteiger partial charge is 0.213 e. The summed E-state index contributed by atoms with van der Waals surface area (Å²) in [5.41, 5.74) is 0. The van der Waals surface area contributed by atoms with Crippen molar-refractivity contribution in [2.45, 2.75) is 6.92 Å². The molecule has 0 saturated heterocycles. The first-order chi connectivity index (χ1) is 7.55. The fraction of sp³-hybridized carbons (Fsp3) is 0.500. The first-order valence-electron chi connectivity index (χ1n) is 4.72. The van der Waals surface area contributed by atoms with Crippen molar-refractivity contribution in [2.75, 3.05) is 24.2 Å². The molecule has 0 bridgehead atoms. The Morgan fingerprint density at radius 2 is 2.25 bits per heavy atom. The maximum atomic E-state index is 11.3. The number of rotatable bonds is 6. The number of anilines is 1. The third kappa shape index (κ3) is 4.58. The minimum atomic E-state index is -3.17. The summed E-state index contributed by atoms with van der Waals surface area (Å²) in [7, 11) is -3.17. The summed E-state index contributed by atoms with van der Waals surface area (Å²) in [6.45, 7) is 2.48. The van der Waals surface area contributed by atoms with Crippen molar-refractivity contribution in [3.8, 4) is 0 Å². The lowest BCUT2D eigenvalue weighted by Crippen LogP contribution is -2.29. The van der Waals surface area contributed by atoms with Gasteiger partial charge in [-0.3, -0.25) is 0 Å². The van der Waals surface area contributed by atoms with E-state index in [1.54, 1.807) is 13.1 Å². The average molecular weight is 356 g/mol. The quantitative estimate of drug-likeness (QED) is 0.723. The number of hydrogen-bond acceptors (Lipinski definition) is 5. The Morgan fingerprint density at radius 1 is 1.50 bits per heavy atom. The highest BCUT2D eigenvalue weighted by Gasteiger charge is 2.08. The minimum absolute atomic E-state index is 0.0287. The normalized spacial score (nSPS) is 11.4. The summed E-state index contributed by atoms with van der Waals surface area (Å²) in [6.07, 6.45) is 3.08. The van der Waals surface area contributed by atoms with Crippen LogP contribution in [-0.4, -0.2) is 37.2 Å². The van der Waals surface area contributed by atoms with Gasteiger partial charge in [0.2, 0.25) is 10.0 Å². The molecule has 0 saturated carbocycles. The molecular formula is C8H13IN4O2S. The zero-order valence-electron chi connectivity index (χ0n) is 8.77. The number of halogens is 1. The Balaban J connectivity index is 2.45. The van der Waals surface area contributed by atoms with E-state index in [1.807, 2.05) is 0 Å². The predicted molar refractivity (Wildman–Crippen MR) is 70.7 cm³/mol. The zero-order chi connectivity index (χ0) is 12.0. The van der Waals surface area contributed by atoms with Crippen molar-refractivity contribution < 1.29 is 8.42 Å². The second kappa shape index (κ2) is 6.30. The van der Waals surface area contributed by atoms with Gasteiger partial charge in [-0.2, -0.15) is 0 Å². The van der Waals surface area contributed by atoms with E-state index in [-0.39, 0.29) is 5.75 Å². The lowest BCUT2D eigenvalue weighted by molar-refractivity contribution is 0.584. The molecule has 0 aliphatic rings. The van der Waals surface area contributed by atoms with E-state index in [1.165, 1.54) is 6.33 Å². The predicted octanol–water partition coefficient (Wildman–Crippen LogP) is 0.432. The summed E-state index contributed by atoms with van der Waals surface area (Å²) >= 11 is 2.09. The summed E-state index contributed by atoms with van der Waals surface area (Å²) in [5, 5.41) is 2.95. The van der Waals surface area contributed by atoms with E-state index in [2.05, 4.69) is 42.6 Å². The standard InChI is InChI=1S/C8H13IN4O2S/c1-2-13-16(14,15)4-3-11-8-7(9)5-10-6-12-8/h5-6,13H,2-4H2,1H3,(H,10,11,12). The van der Waals surface area contributed by atoms with Gasteiger partial charge in [-0.15, -0.1) is 0 Å². The van der Waals surface area contributed by atoms with Crippen LogP contribution in [0.25, 0.3) is 0 Å². The van der Waals surface area contributed by atoms with Crippen molar-refractivity contribution in [3.05, 3.63) is 16.1 Å². The number of nitrogens with zero attached hydrogens (tertiary/aromatic N) is 2. The van der Waals surface area contributed by atoms with Crippen LogP contribution in [0.2, 0.25) is 0 Å². The lowest BCUT2D eigenvalue weighted by atomic mass is 10.5. The van der Waals surface area contributed by atoms with Crippen molar-refractivity contribution >= 4 is 38.4 Å². The van der Waals surface area contributed by atoms with Crippen LogP contribution >= 0.6 is 22.6 Å². The Kier molecular flexibility index (Phi) is 5.35. The van der Waals surface area contributed by atoms with Gasteiger partial charge in [-0.25, -0.2) is 23.1 Å². The monoisotopic (exact) mass is 356 g/mol. The van der Waals surface area contributed by atoms with Gasteiger partial charge >= 0.3 is 0 Å². The maximum absolute atomic E-state index is 11.3. The molecule has 0 aromatic carbocycles. The highest BCUT2D eigenvalue weighted by atomic mass is 127. The highest BCUT2D eigenvalue weighted by molar-refractivity contribution is 14.1. The van der Waals surface area contributed by atoms with Gasteiger partial charge in [0.25, 0.3) is 0 Å². The van der Waals surface area contributed by atoms with Crippen molar-refractivity contribution in [3.63, 3.8) is 0 Å². The van der Waals surface area contributed by atoms with E-state index in [0.717, 1.165) is 3.57 Å². The molecule has 6 nitrogen and oxygen atoms in total. The molecule has 0 unspecified atom stereocenters. The second-order valence-corrected chi connectivity index (χ2v) is 6.05. The number of nitrogens with one attached hydrogen (secondary N) is 2. The molecule has 1 rings (SSSR count). The molecule has 0 aliphatic carbocycles. The third-order valence-electron chi connectivity index (χ3n) is 1.70. The first-order valence-corrected chi connectivity index (χ1v) is 7.45.